The number of methoxy groups -OCH3 is 1. The second kappa shape index (κ2) is 13.3. The Morgan fingerprint density at radius 3 is 2.50 bits per heavy atom. The van der Waals surface area contributed by atoms with Crippen molar-refractivity contribution in [2.75, 3.05) is 13.7 Å². The Morgan fingerprint density at radius 1 is 1.02 bits per heavy atom. The Hall–Kier alpha value is -4.69. The first-order valence-corrected chi connectivity index (χ1v) is 14.7. The smallest absolute Gasteiger partial charge is 0.282 e. The molecule has 0 amide bonds. The van der Waals surface area contributed by atoms with Gasteiger partial charge in [-0.25, -0.2) is 9.37 Å². The molecular formula is C35H33ClFN3O4. The highest BCUT2D eigenvalue weighted by Gasteiger charge is 2.19. The van der Waals surface area contributed by atoms with E-state index in [1.807, 2.05) is 32.0 Å². The van der Waals surface area contributed by atoms with Crippen LogP contribution < -0.4 is 19.8 Å². The van der Waals surface area contributed by atoms with Crippen molar-refractivity contribution in [3.05, 3.63) is 116 Å². The van der Waals surface area contributed by atoms with Crippen LogP contribution in [0.1, 0.15) is 48.9 Å². The lowest BCUT2D eigenvalue weighted by Crippen LogP contribution is -2.21. The van der Waals surface area contributed by atoms with Gasteiger partial charge in [-0.2, -0.15) is 9.78 Å². The molecule has 0 spiro atoms. The number of aromatic nitrogens is 2. The molecule has 0 aliphatic heterocycles. The van der Waals surface area contributed by atoms with E-state index in [9.17, 15) is 9.18 Å². The molecule has 5 rings (SSSR count). The quantitative estimate of drug-likeness (QED) is 0.149. The van der Waals surface area contributed by atoms with Crippen molar-refractivity contribution < 1.29 is 18.6 Å². The van der Waals surface area contributed by atoms with E-state index < -0.39 is 0 Å². The second-order valence-electron chi connectivity index (χ2n) is 10.5. The minimum Gasteiger partial charge on any atom is -0.494 e. The van der Waals surface area contributed by atoms with Crippen LogP contribution in [0.3, 0.4) is 0 Å². The molecule has 226 valence electrons. The van der Waals surface area contributed by atoms with Crippen LogP contribution in [0.2, 0.25) is 5.02 Å². The van der Waals surface area contributed by atoms with E-state index in [0.717, 1.165) is 22.4 Å². The van der Waals surface area contributed by atoms with Gasteiger partial charge in [-0.15, -0.1) is 0 Å². The number of ether oxygens (including phenoxy) is 3. The highest BCUT2D eigenvalue weighted by molar-refractivity contribution is 6.31. The van der Waals surface area contributed by atoms with Gasteiger partial charge < -0.3 is 14.2 Å². The molecule has 0 unspecified atom stereocenters. The number of fused-ring (bicyclic) bond motifs is 1. The van der Waals surface area contributed by atoms with Gasteiger partial charge in [0, 0.05) is 27.8 Å². The van der Waals surface area contributed by atoms with Gasteiger partial charge in [-0.05, 0) is 67.3 Å². The van der Waals surface area contributed by atoms with E-state index in [2.05, 4.69) is 18.9 Å². The number of aryl methyl sites for hydroxylation is 1. The molecule has 7 nitrogen and oxygen atoms in total. The summed E-state index contributed by atoms with van der Waals surface area (Å²) in [5, 5.41) is 5.43. The summed E-state index contributed by atoms with van der Waals surface area (Å²) in [4.78, 5) is 18.8. The third-order valence-electron chi connectivity index (χ3n) is 7.18. The first kappa shape index (κ1) is 30.8. The van der Waals surface area contributed by atoms with Crippen molar-refractivity contribution in [1.29, 1.82) is 0 Å². The van der Waals surface area contributed by atoms with Crippen LogP contribution in [0.5, 0.6) is 17.2 Å². The minimum absolute atomic E-state index is 0.0579. The molecule has 0 aliphatic rings. The largest absolute Gasteiger partial charge is 0.494 e. The molecule has 9 heteroatoms. The standard InChI is InChI=1S/C35H33ClFN3O4/c1-6-43-31-15-22(4)28(18-27(31)21(2)3)34-39-30-14-10-8-12-26(30)35(41)40(34)38-19-24-16-25(36)17-32(42-5)33(24)44-20-23-11-7-9-13-29(23)37/h7-19,21H,6,20H2,1-5H3. The number of halogens is 2. The molecule has 0 fully saturated rings. The highest BCUT2D eigenvalue weighted by Crippen LogP contribution is 2.36. The van der Waals surface area contributed by atoms with Crippen molar-refractivity contribution in [2.24, 2.45) is 5.10 Å². The van der Waals surface area contributed by atoms with E-state index in [1.54, 1.807) is 48.5 Å². The Labute approximate surface area is 260 Å². The van der Waals surface area contributed by atoms with Crippen LogP contribution in [0, 0.1) is 12.7 Å². The molecule has 44 heavy (non-hydrogen) atoms. The molecule has 1 heterocycles. The van der Waals surface area contributed by atoms with Crippen molar-refractivity contribution >= 4 is 28.7 Å². The van der Waals surface area contributed by atoms with Crippen LogP contribution in [0.15, 0.2) is 82.7 Å². The third-order valence-corrected chi connectivity index (χ3v) is 7.40. The van der Waals surface area contributed by atoms with E-state index in [-0.39, 0.29) is 23.9 Å². The zero-order chi connectivity index (χ0) is 31.4. The number of nitrogens with zero attached hydrogens (tertiary/aromatic N) is 3. The van der Waals surface area contributed by atoms with Crippen molar-refractivity contribution in [3.63, 3.8) is 0 Å². The maximum Gasteiger partial charge on any atom is 0.282 e. The molecule has 0 N–H and O–H groups in total. The molecule has 0 saturated carbocycles. The zero-order valence-electron chi connectivity index (χ0n) is 25.2. The average Bonchev–Trinajstić information content (AvgIpc) is 3.00. The van der Waals surface area contributed by atoms with E-state index in [1.165, 1.54) is 24.1 Å². The van der Waals surface area contributed by atoms with Gasteiger partial charge in [-0.3, -0.25) is 4.79 Å². The van der Waals surface area contributed by atoms with E-state index >= 15 is 0 Å². The fourth-order valence-corrected chi connectivity index (χ4v) is 5.17. The van der Waals surface area contributed by atoms with E-state index in [0.29, 0.717) is 51.0 Å². The summed E-state index contributed by atoms with van der Waals surface area (Å²) in [7, 11) is 1.49. The number of hydrogen-bond acceptors (Lipinski definition) is 6. The van der Waals surface area contributed by atoms with Crippen molar-refractivity contribution in [3.8, 4) is 28.6 Å². The molecule has 0 radical (unpaired) electrons. The van der Waals surface area contributed by atoms with Crippen molar-refractivity contribution in [1.82, 2.24) is 9.66 Å². The molecule has 0 aliphatic carbocycles. The summed E-state index contributed by atoms with van der Waals surface area (Å²) in [5.74, 6) is 1.57. The first-order valence-electron chi connectivity index (χ1n) is 14.3. The summed E-state index contributed by atoms with van der Waals surface area (Å²) >= 11 is 6.42. The fourth-order valence-electron chi connectivity index (χ4n) is 4.95. The molecule has 4 aromatic carbocycles. The topological polar surface area (TPSA) is 74.9 Å². The average molecular weight is 614 g/mol. The fraction of sp³-hybridized carbons (Fsp3) is 0.229. The molecular weight excluding hydrogens is 581 g/mol. The minimum atomic E-state index is -0.388. The molecule has 0 atom stereocenters. The maximum absolute atomic E-state index is 14.4. The van der Waals surface area contributed by atoms with Crippen LogP contribution in [-0.4, -0.2) is 29.6 Å². The molecule has 0 bridgehead atoms. The van der Waals surface area contributed by atoms with Gasteiger partial charge in [0.2, 0.25) is 0 Å². The number of benzene rings is 4. The molecule has 0 saturated heterocycles. The summed E-state index contributed by atoms with van der Waals surface area (Å²) in [5.41, 5.74) is 3.63. The van der Waals surface area contributed by atoms with Gasteiger partial charge in [0.15, 0.2) is 17.3 Å². The Bertz CT molecular complexity index is 1920. The molecule has 1 aromatic heterocycles. The Morgan fingerprint density at radius 2 is 1.77 bits per heavy atom. The second-order valence-corrected chi connectivity index (χ2v) is 10.9. The van der Waals surface area contributed by atoms with Gasteiger partial charge in [0.05, 0.1) is 30.8 Å². The Kier molecular flexibility index (Phi) is 9.30. The summed E-state index contributed by atoms with van der Waals surface area (Å²) in [6.07, 6.45) is 1.47. The van der Waals surface area contributed by atoms with Crippen LogP contribution in [0.25, 0.3) is 22.3 Å². The lowest BCUT2D eigenvalue weighted by atomic mass is 9.96. The summed E-state index contributed by atoms with van der Waals surface area (Å²) in [6, 6.07) is 20.7. The predicted octanol–water partition coefficient (Wildman–Crippen LogP) is 8.16. The molecule has 5 aromatic rings. The maximum atomic E-state index is 14.4. The van der Waals surface area contributed by atoms with Crippen LogP contribution in [0.4, 0.5) is 4.39 Å². The lowest BCUT2D eigenvalue weighted by molar-refractivity contribution is 0.279. The normalized spacial score (nSPS) is 11.5. The van der Waals surface area contributed by atoms with Gasteiger partial charge in [-0.1, -0.05) is 55.8 Å². The van der Waals surface area contributed by atoms with Crippen LogP contribution in [-0.2, 0) is 6.61 Å². The zero-order valence-corrected chi connectivity index (χ0v) is 26.0. The number of para-hydroxylation sites is 1. The number of hydrogen-bond donors (Lipinski definition) is 0. The van der Waals surface area contributed by atoms with Gasteiger partial charge >= 0.3 is 0 Å². The van der Waals surface area contributed by atoms with Gasteiger partial charge in [0.25, 0.3) is 5.56 Å². The highest BCUT2D eigenvalue weighted by atomic mass is 35.5. The van der Waals surface area contributed by atoms with Gasteiger partial charge in [0.1, 0.15) is 18.2 Å². The summed E-state index contributed by atoms with van der Waals surface area (Å²) < 4.78 is 33.1. The summed E-state index contributed by atoms with van der Waals surface area (Å²) in [6.45, 7) is 8.55. The monoisotopic (exact) mass is 613 g/mol. The number of rotatable bonds is 10. The van der Waals surface area contributed by atoms with Crippen LogP contribution >= 0.6 is 11.6 Å². The predicted molar refractivity (Wildman–Crippen MR) is 173 cm³/mol. The Balaban J connectivity index is 1.68. The lowest BCUT2D eigenvalue weighted by Gasteiger charge is -2.18. The third kappa shape index (κ3) is 6.31. The van der Waals surface area contributed by atoms with Crippen molar-refractivity contribution in [2.45, 2.75) is 40.2 Å². The first-order chi connectivity index (χ1) is 21.2. The SMILES string of the molecule is CCOc1cc(C)c(-c2nc3ccccc3c(=O)n2N=Cc2cc(Cl)cc(OC)c2OCc2ccccc2F)cc1C(C)C. The van der Waals surface area contributed by atoms with E-state index in [4.69, 9.17) is 30.8 Å².